The number of fused-ring (bicyclic) bond motifs is 1. The fourth-order valence-corrected chi connectivity index (χ4v) is 2.50. The van der Waals surface area contributed by atoms with Gasteiger partial charge in [-0.1, -0.05) is 5.16 Å². The minimum Gasteiger partial charge on any atom is -0.391 e. The molecule has 0 bridgehead atoms. The van der Waals surface area contributed by atoms with Gasteiger partial charge in [-0.05, 0) is 13.0 Å². The second kappa shape index (κ2) is 6.98. The monoisotopic (exact) mass is 344 g/mol. The summed E-state index contributed by atoms with van der Waals surface area (Å²) in [5, 5.41) is 16.6. The van der Waals surface area contributed by atoms with Gasteiger partial charge in [0.05, 0.1) is 37.4 Å². The van der Waals surface area contributed by atoms with E-state index in [1.807, 2.05) is 0 Å². The van der Waals surface area contributed by atoms with Gasteiger partial charge in [-0.3, -0.25) is 0 Å². The quantitative estimate of drug-likeness (QED) is 0.828. The van der Waals surface area contributed by atoms with Crippen LogP contribution in [0.3, 0.4) is 0 Å². The molecule has 9 heteroatoms. The van der Waals surface area contributed by atoms with Gasteiger partial charge in [0.2, 0.25) is 11.4 Å². The van der Waals surface area contributed by atoms with Gasteiger partial charge >= 0.3 is 0 Å². The van der Waals surface area contributed by atoms with Crippen molar-refractivity contribution in [2.24, 2.45) is 0 Å². The van der Waals surface area contributed by atoms with Crippen LogP contribution in [0.2, 0.25) is 0 Å². The Hall–Kier alpha value is -1.81. The van der Waals surface area contributed by atoms with E-state index in [9.17, 15) is 13.9 Å². The van der Waals surface area contributed by atoms with Crippen LogP contribution in [-0.4, -0.2) is 49.3 Å². The maximum Gasteiger partial charge on any atom is 0.207 e. The van der Waals surface area contributed by atoms with Crippen LogP contribution < -0.4 is 5.32 Å². The number of halogens is 2. The van der Waals surface area contributed by atoms with Gasteiger partial charge < -0.3 is 29.2 Å². The highest BCUT2D eigenvalue weighted by Gasteiger charge is 2.29. The van der Waals surface area contributed by atoms with Crippen LogP contribution in [0.1, 0.15) is 18.8 Å². The number of aliphatic hydroxyl groups excluding tert-OH is 1. The molecule has 2 N–H and O–H groups in total. The molecule has 1 aromatic carbocycles. The normalized spacial score (nSPS) is 18.2. The van der Waals surface area contributed by atoms with Crippen LogP contribution >= 0.6 is 0 Å². The number of aromatic nitrogens is 1. The fourth-order valence-electron chi connectivity index (χ4n) is 2.50. The summed E-state index contributed by atoms with van der Waals surface area (Å²) in [6.07, 6.45) is -1.74. The minimum atomic E-state index is -1.16. The highest BCUT2D eigenvalue weighted by Crippen LogP contribution is 2.34. The molecule has 1 aromatic heterocycles. The first kappa shape index (κ1) is 17.0. The Morgan fingerprint density at radius 2 is 2.08 bits per heavy atom. The third-order valence-electron chi connectivity index (χ3n) is 3.80. The highest BCUT2D eigenvalue weighted by atomic mass is 19.2. The molecule has 1 aliphatic rings. The number of anilines is 1. The Morgan fingerprint density at radius 3 is 2.71 bits per heavy atom. The van der Waals surface area contributed by atoms with E-state index < -0.39 is 30.1 Å². The molecule has 2 atom stereocenters. The average Bonchev–Trinajstić information content (AvgIpc) is 3.20. The summed E-state index contributed by atoms with van der Waals surface area (Å²) < 4.78 is 48.8. The summed E-state index contributed by atoms with van der Waals surface area (Å²) in [5.41, 5.74) is -0.386. The molecule has 132 valence electrons. The van der Waals surface area contributed by atoms with Gasteiger partial charge in [-0.2, -0.15) is 4.39 Å². The number of rotatable bonds is 6. The van der Waals surface area contributed by atoms with Crippen molar-refractivity contribution < 1.29 is 32.6 Å². The van der Waals surface area contributed by atoms with Crippen molar-refractivity contribution in [2.75, 3.05) is 32.2 Å². The first-order chi connectivity index (χ1) is 11.5. The van der Waals surface area contributed by atoms with E-state index in [-0.39, 0.29) is 29.0 Å². The molecule has 0 radical (unpaired) electrons. The predicted octanol–water partition coefficient (Wildman–Crippen LogP) is 1.96. The summed E-state index contributed by atoms with van der Waals surface area (Å²) >= 11 is 0. The molecule has 2 aromatic rings. The molecule has 2 heterocycles. The SMILES string of the molecule is COC[C@H](Nc1noc2c(F)c(F)c(C3OCCO3)cc12)[C@@H](C)O. The molecule has 0 amide bonds. The fraction of sp³-hybridized carbons (Fsp3) is 0.533. The van der Waals surface area contributed by atoms with Gasteiger partial charge in [0, 0.05) is 12.7 Å². The van der Waals surface area contributed by atoms with E-state index in [0.29, 0.717) is 13.2 Å². The summed E-state index contributed by atoms with van der Waals surface area (Å²) in [6, 6.07) is 0.868. The molecule has 1 saturated heterocycles. The van der Waals surface area contributed by atoms with Crippen molar-refractivity contribution in [3.05, 3.63) is 23.3 Å². The third-order valence-corrected chi connectivity index (χ3v) is 3.80. The van der Waals surface area contributed by atoms with Crippen molar-refractivity contribution in [2.45, 2.75) is 25.4 Å². The number of hydrogen-bond acceptors (Lipinski definition) is 7. The predicted molar refractivity (Wildman–Crippen MR) is 79.5 cm³/mol. The largest absolute Gasteiger partial charge is 0.391 e. The Bertz CT molecular complexity index is 715. The summed E-state index contributed by atoms with van der Waals surface area (Å²) in [6.45, 7) is 2.37. The van der Waals surface area contributed by atoms with Gasteiger partial charge in [0.25, 0.3) is 0 Å². The van der Waals surface area contributed by atoms with Crippen molar-refractivity contribution in [3.8, 4) is 0 Å². The molecule has 1 fully saturated rings. The zero-order valence-corrected chi connectivity index (χ0v) is 13.2. The first-order valence-electron chi connectivity index (χ1n) is 7.47. The Kier molecular flexibility index (Phi) is 4.95. The van der Waals surface area contributed by atoms with Crippen LogP contribution in [0.5, 0.6) is 0 Å². The van der Waals surface area contributed by atoms with Gasteiger partial charge in [0.15, 0.2) is 17.9 Å². The number of methoxy groups -OCH3 is 1. The number of nitrogens with one attached hydrogen (secondary N) is 1. The molecule has 0 saturated carbocycles. The van der Waals surface area contributed by atoms with Crippen molar-refractivity contribution in [3.63, 3.8) is 0 Å². The molecule has 0 unspecified atom stereocenters. The highest BCUT2D eigenvalue weighted by molar-refractivity contribution is 5.89. The Balaban J connectivity index is 2.00. The maximum atomic E-state index is 14.2. The van der Waals surface area contributed by atoms with E-state index in [0.717, 1.165) is 0 Å². The standard InChI is InChI=1S/C15H18F2N2O5/c1-7(20)10(6-21-2)18-14-9-5-8(15-22-3-4-23-15)11(16)12(17)13(9)24-19-14/h5,7,10,15,20H,3-4,6H2,1-2H3,(H,18,19)/t7-,10+/m1/s1. The second-order valence-corrected chi connectivity index (χ2v) is 5.52. The van der Waals surface area contributed by atoms with Crippen LogP contribution in [-0.2, 0) is 14.2 Å². The molecule has 0 spiro atoms. The number of benzene rings is 1. The van der Waals surface area contributed by atoms with Crippen molar-refractivity contribution in [1.29, 1.82) is 0 Å². The van der Waals surface area contributed by atoms with Crippen LogP contribution in [0.25, 0.3) is 11.0 Å². The van der Waals surface area contributed by atoms with Crippen molar-refractivity contribution in [1.82, 2.24) is 5.16 Å². The number of hydrogen-bond donors (Lipinski definition) is 2. The van der Waals surface area contributed by atoms with E-state index in [1.165, 1.54) is 13.2 Å². The summed E-state index contributed by atoms with van der Waals surface area (Å²) in [5.74, 6) is -2.09. The Labute approximate surface area is 136 Å². The molecule has 3 rings (SSSR count). The second-order valence-electron chi connectivity index (χ2n) is 5.52. The molecule has 24 heavy (non-hydrogen) atoms. The van der Waals surface area contributed by atoms with E-state index in [1.54, 1.807) is 6.92 Å². The minimum absolute atomic E-state index is 0.0657. The van der Waals surface area contributed by atoms with E-state index >= 15 is 0 Å². The maximum absolute atomic E-state index is 14.2. The van der Waals surface area contributed by atoms with E-state index in [4.69, 9.17) is 18.7 Å². The summed E-state index contributed by atoms with van der Waals surface area (Å²) in [4.78, 5) is 0. The number of ether oxygens (including phenoxy) is 3. The molecule has 7 nitrogen and oxygen atoms in total. The molecule has 1 aliphatic heterocycles. The zero-order chi connectivity index (χ0) is 17.3. The lowest BCUT2D eigenvalue weighted by molar-refractivity contribution is -0.0467. The first-order valence-corrected chi connectivity index (χ1v) is 7.47. The van der Waals surface area contributed by atoms with Gasteiger partial charge in [-0.15, -0.1) is 0 Å². The lowest BCUT2D eigenvalue weighted by atomic mass is 10.1. The third kappa shape index (κ3) is 3.07. The van der Waals surface area contributed by atoms with Crippen LogP contribution in [0, 0.1) is 11.6 Å². The number of nitrogens with zero attached hydrogens (tertiary/aromatic N) is 1. The van der Waals surface area contributed by atoms with Crippen molar-refractivity contribution >= 4 is 16.8 Å². The Morgan fingerprint density at radius 1 is 1.38 bits per heavy atom. The average molecular weight is 344 g/mol. The molecular formula is C15H18F2N2O5. The number of aliphatic hydroxyl groups is 1. The van der Waals surface area contributed by atoms with E-state index in [2.05, 4.69) is 10.5 Å². The van der Waals surface area contributed by atoms with Gasteiger partial charge in [0.1, 0.15) is 0 Å². The van der Waals surface area contributed by atoms with Crippen LogP contribution in [0.15, 0.2) is 10.6 Å². The molecule has 0 aliphatic carbocycles. The topological polar surface area (TPSA) is 86.0 Å². The van der Waals surface area contributed by atoms with Crippen LogP contribution in [0.4, 0.5) is 14.6 Å². The lowest BCUT2D eigenvalue weighted by Crippen LogP contribution is -2.35. The molecular weight excluding hydrogens is 326 g/mol. The lowest BCUT2D eigenvalue weighted by Gasteiger charge is -2.20. The smallest absolute Gasteiger partial charge is 0.207 e. The summed E-state index contributed by atoms with van der Waals surface area (Å²) in [7, 11) is 1.49. The zero-order valence-electron chi connectivity index (χ0n) is 13.2. The van der Waals surface area contributed by atoms with Gasteiger partial charge in [-0.25, -0.2) is 4.39 Å².